The van der Waals surface area contributed by atoms with Gasteiger partial charge < -0.3 is 4.74 Å². The molecule has 3 rings (SSSR count). The van der Waals surface area contributed by atoms with Crippen molar-refractivity contribution in [1.29, 1.82) is 0 Å². The average molecular weight is 410 g/mol. The second-order valence-electron chi connectivity index (χ2n) is 8.86. The molecule has 1 saturated carbocycles. The minimum Gasteiger partial charge on any atom is -0.444 e. The van der Waals surface area contributed by atoms with Gasteiger partial charge in [-0.05, 0) is 51.5 Å². The number of carbonyl (C=O) groups excluding carboxylic acids is 1. The standard InChI is InChI=1S/C21H31NO5S/c1-21(2,3)27-20(23)22-18(13-17-11-7-8-12-19(17)22)14-26-28(24,25)15-16-9-5-4-6-10-16/h4-6,9-10,17-19H,7-8,11-15H2,1-3H3/t17-,18-,19-/m0/s1. The van der Waals surface area contributed by atoms with E-state index in [2.05, 4.69) is 0 Å². The minimum atomic E-state index is -3.72. The van der Waals surface area contributed by atoms with Crippen molar-refractivity contribution in [3.63, 3.8) is 0 Å². The summed E-state index contributed by atoms with van der Waals surface area (Å²) in [4.78, 5) is 14.6. The van der Waals surface area contributed by atoms with E-state index in [4.69, 9.17) is 8.92 Å². The minimum absolute atomic E-state index is 0.0125. The van der Waals surface area contributed by atoms with E-state index >= 15 is 0 Å². The van der Waals surface area contributed by atoms with Crippen molar-refractivity contribution in [2.45, 2.75) is 76.3 Å². The van der Waals surface area contributed by atoms with Gasteiger partial charge in [0, 0.05) is 6.04 Å². The first-order chi connectivity index (χ1) is 13.1. The van der Waals surface area contributed by atoms with E-state index in [-0.39, 0.29) is 30.5 Å². The number of hydrogen-bond donors (Lipinski definition) is 0. The third-order valence-corrected chi connectivity index (χ3v) is 6.61. The summed E-state index contributed by atoms with van der Waals surface area (Å²) in [5.41, 5.74) is 0.0980. The molecule has 2 fully saturated rings. The normalized spacial score (nSPS) is 25.4. The van der Waals surface area contributed by atoms with Gasteiger partial charge in [-0.3, -0.25) is 9.08 Å². The van der Waals surface area contributed by atoms with Crippen LogP contribution in [0.15, 0.2) is 30.3 Å². The van der Waals surface area contributed by atoms with Crippen molar-refractivity contribution < 1.29 is 22.1 Å². The highest BCUT2D eigenvalue weighted by molar-refractivity contribution is 7.85. The largest absolute Gasteiger partial charge is 0.444 e. The summed E-state index contributed by atoms with van der Waals surface area (Å²) in [6.45, 7) is 5.51. The van der Waals surface area contributed by atoms with Crippen molar-refractivity contribution >= 4 is 16.2 Å². The third-order valence-electron chi connectivity index (χ3n) is 5.43. The Bertz CT molecular complexity index is 772. The van der Waals surface area contributed by atoms with Crippen molar-refractivity contribution in [3.8, 4) is 0 Å². The van der Waals surface area contributed by atoms with Crippen LogP contribution in [0.25, 0.3) is 0 Å². The molecule has 156 valence electrons. The van der Waals surface area contributed by atoms with Gasteiger partial charge in [-0.2, -0.15) is 8.42 Å². The summed E-state index contributed by atoms with van der Waals surface area (Å²) in [7, 11) is -3.72. The SMILES string of the molecule is CC(C)(C)OC(=O)N1[C@H](COS(=O)(=O)Cc2ccccc2)C[C@@H]2CCCC[C@@H]21. The van der Waals surface area contributed by atoms with E-state index in [9.17, 15) is 13.2 Å². The van der Waals surface area contributed by atoms with Gasteiger partial charge in [0.05, 0.1) is 12.6 Å². The molecule has 28 heavy (non-hydrogen) atoms. The number of fused-ring (bicyclic) bond motifs is 1. The zero-order valence-corrected chi connectivity index (χ0v) is 17.8. The van der Waals surface area contributed by atoms with Gasteiger partial charge in [-0.15, -0.1) is 0 Å². The number of ether oxygens (including phenoxy) is 1. The van der Waals surface area contributed by atoms with Crippen LogP contribution in [0, 0.1) is 5.92 Å². The third kappa shape index (κ3) is 5.47. The zero-order chi connectivity index (χ0) is 20.4. The van der Waals surface area contributed by atoms with E-state index in [0.717, 1.165) is 32.1 Å². The molecule has 0 N–H and O–H groups in total. The second kappa shape index (κ2) is 8.41. The molecule has 3 atom stereocenters. The molecule has 0 bridgehead atoms. The summed E-state index contributed by atoms with van der Waals surface area (Å²) in [6, 6.07) is 8.82. The van der Waals surface area contributed by atoms with Crippen LogP contribution < -0.4 is 0 Å². The van der Waals surface area contributed by atoms with Gasteiger partial charge in [-0.25, -0.2) is 4.79 Å². The summed E-state index contributed by atoms with van der Waals surface area (Å²) >= 11 is 0. The van der Waals surface area contributed by atoms with Gasteiger partial charge in [0.25, 0.3) is 10.1 Å². The first kappa shape index (κ1) is 21.1. The second-order valence-corrected chi connectivity index (χ2v) is 10.5. The summed E-state index contributed by atoms with van der Waals surface area (Å²) < 4.78 is 35.8. The molecule has 1 aromatic carbocycles. The molecular formula is C21H31NO5S. The van der Waals surface area contributed by atoms with E-state index in [0.29, 0.717) is 11.5 Å². The lowest BCUT2D eigenvalue weighted by Crippen LogP contribution is -2.47. The molecule has 1 amide bonds. The monoisotopic (exact) mass is 409 g/mol. The lowest BCUT2D eigenvalue weighted by Gasteiger charge is -2.35. The molecule has 2 aliphatic rings. The fourth-order valence-corrected chi connectivity index (χ4v) is 5.36. The Labute approximate surface area is 168 Å². The number of benzene rings is 1. The summed E-state index contributed by atoms with van der Waals surface area (Å²) in [6.07, 6.45) is 4.65. The molecule has 6 nitrogen and oxygen atoms in total. The van der Waals surface area contributed by atoms with E-state index in [1.165, 1.54) is 0 Å². The van der Waals surface area contributed by atoms with Gasteiger partial charge in [0.2, 0.25) is 0 Å². The van der Waals surface area contributed by atoms with E-state index in [1.807, 2.05) is 26.8 Å². The fraction of sp³-hybridized carbons (Fsp3) is 0.667. The first-order valence-electron chi connectivity index (χ1n) is 10.1. The topological polar surface area (TPSA) is 72.9 Å². The molecule has 1 heterocycles. The highest BCUT2D eigenvalue weighted by Gasteiger charge is 2.46. The average Bonchev–Trinajstić information content (AvgIpc) is 2.98. The van der Waals surface area contributed by atoms with Gasteiger partial charge >= 0.3 is 6.09 Å². The van der Waals surface area contributed by atoms with Crippen LogP contribution in [0.3, 0.4) is 0 Å². The van der Waals surface area contributed by atoms with Crippen molar-refractivity contribution in [1.82, 2.24) is 4.90 Å². The number of carbonyl (C=O) groups is 1. The van der Waals surface area contributed by atoms with Crippen LogP contribution in [-0.4, -0.2) is 43.7 Å². The predicted octanol–water partition coefficient (Wildman–Crippen LogP) is 4.10. The van der Waals surface area contributed by atoms with Gasteiger partial charge in [0.1, 0.15) is 11.4 Å². The van der Waals surface area contributed by atoms with Crippen LogP contribution in [-0.2, 0) is 24.8 Å². The maximum absolute atomic E-state index is 12.8. The Kier molecular flexibility index (Phi) is 6.34. The molecule has 7 heteroatoms. The van der Waals surface area contributed by atoms with Crippen LogP contribution in [0.2, 0.25) is 0 Å². The van der Waals surface area contributed by atoms with Crippen molar-refractivity contribution in [2.75, 3.05) is 6.61 Å². The Hall–Kier alpha value is -1.60. The smallest absolute Gasteiger partial charge is 0.410 e. The molecule has 1 aliphatic heterocycles. The molecule has 0 unspecified atom stereocenters. The van der Waals surface area contributed by atoms with Crippen LogP contribution in [0.4, 0.5) is 4.79 Å². The zero-order valence-electron chi connectivity index (χ0n) is 17.0. The molecular weight excluding hydrogens is 378 g/mol. The molecule has 1 saturated heterocycles. The highest BCUT2D eigenvalue weighted by atomic mass is 32.2. The maximum Gasteiger partial charge on any atom is 0.410 e. The van der Waals surface area contributed by atoms with Crippen molar-refractivity contribution in [3.05, 3.63) is 35.9 Å². The number of hydrogen-bond acceptors (Lipinski definition) is 5. The predicted molar refractivity (Wildman–Crippen MR) is 107 cm³/mol. The Balaban J connectivity index is 1.68. The van der Waals surface area contributed by atoms with Crippen LogP contribution in [0.5, 0.6) is 0 Å². The number of rotatable bonds is 5. The van der Waals surface area contributed by atoms with Gasteiger partial charge in [0.15, 0.2) is 0 Å². The van der Waals surface area contributed by atoms with Gasteiger partial charge in [-0.1, -0.05) is 43.2 Å². The first-order valence-corrected chi connectivity index (χ1v) is 11.6. The van der Waals surface area contributed by atoms with E-state index < -0.39 is 15.7 Å². The number of amides is 1. The molecule has 1 aromatic rings. The lowest BCUT2D eigenvalue weighted by atomic mass is 9.85. The molecule has 0 spiro atoms. The molecule has 0 radical (unpaired) electrons. The van der Waals surface area contributed by atoms with E-state index in [1.54, 1.807) is 29.2 Å². The Morgan fingerprint density at radius 1 is 1.14 bits per heavy atom. The molecule has 1 aliphatic carbocycles. The Morgan fingerprint density at radius 3 is 2.50 bits per heavy atom. The van der Waals surface area contributed by atoms with Crippen LogP contribution in [0.1, 0.15) is 58.4 Å². The lowest BCUT2D eigenvalue weighted by molar-refractivity contribution is 0.00642. The fourth-order valence-electron chi connectivity index (χ4n) is 4.31. The highest BCUT2D eigenvalue weighted by Crippen LogP contribution is 2.40. The quantitative estimate of drug-likeness (QED) is 0.685. The molecule has 0 aromatic heterocycles. The summed E-state index contributed by atoms with van der Waals surface area (Å²) in [5, 5.41) is 0. The summed E-state index contributed by atoms with van der Waals surface area (Å²) in [5.74, 6) is 0.228. The van der Waals surface area contributed by atoms with Crippen LogP contribution >= 0.6 is 0 Å². The number of likely N-dealkylation sites (tertiary alicyclic amines) is 1. The number of nitrogens with zero attached hydrogens (tertiary/aromatic N) is 1. The Morgan fingerprint density at radius 2 is 1.82 bits per heavy atom. The maximum atomic E-state index is 12.8. The van der Waals surface area contributed by atoms with Crippen molar-refractivity contribution in [2.24, 2.45) is 5.92 Å².